The Bertz CT molecular complexity index is 362. The molecule has 19 heavy (non-hydrogen) atoms. The predicted octanol–water partition coefficient (Wildman–Crippen LogP) is 2.93. The summed E-state index contributed by atoms with van der Waals surface area (Å²) in [5, 5.41) is 2.21. The van der Waals surface area contributed by atoms with E-state index in [0.717, 1.165) is 0 Å². The van der Waals surface area contributed by atoms with Crippen LogP contribution in [0.2, 0.25) is 0 Å². The molecule has 1 rings (SSSR count). The Balaban J connectivity index is 0. The van der Waals surface area contributed by atoms with Crippen LogP contribution in [0.4, 0.5) is 0 Å². The molecule has 0 saturated carbocycles. The van der Waals surface area contributed by atoms with E-state index in [1.807, 2.05) is 27.7 Å². The van der Waals surface area contributed by atoms with Crippen molar-refractivity contribution >= 4 is 29.4 Å². The number of Topliss-reactive ketones (excluding diaryl/α,β-unsaturated/α-hetero) is 1. The van der Waals surface area contributed by atoms with Gasteiger partial charge in [0.15, 0.2) is 0 Å². The first-order valence-corrected chi connectivity index (χ1v) is 7.62. The van der Waals surface area contributed by atoms with Gasteiger partial charge < -0.3 is 0 Å². The van der Waals surface area contributed by atoms with Crippen LogP contribution in [0, 0.1) is 5.92 Å². The molecule has 0 aromatic carbocycles. The van der Waals surface area contributed by atoms with Gasteiger partial charge in [-0.25, -0.2) is 0 Å². The summed E-state index contributed by atoms with van der Waals surface area (Å²) in [6.45, 7) is 12.9. The molecule has 110 valence electrons. The minimum absolute atomic E-state index is 0.0884. The van der Waals surface area contributed by atoms with E-state index in [9.17, 15) is 14.4 Å². The first-order valence-electron chi connectivity index (χ1n) is 6.63. The van der Waals surface area contributed by atoms with E-state index in [2.05, 4.69) is 5.32 Å². The molecule has 0 spiro atoms. The molecular formula is C14H25NO3S. The molecule has 1 unspecified atom stereocenters. The van der Waals surface area contributed by atoms with E-state index in [0.29, 0.717) is 16.2 Å². The Labute approximate surface area is 120 Å². The topological polar surface area (TPSA) is 63.2 Å². The van der Waals surface area contributed by atoms with Crippen molar-refractivity contribution in [3.05, 3.63) is 10.5 Å². The summed E-state index contributed by atoms with van der Waals surface area (Å²) < 4.78 is 0. The molecule has 0 bridgehead atoms. The van der Waals surface area contributed by atoms with Gasteiger partial charge >= 0.3 is 0 Å². The molecule has 1 N–H and O–H groups in total. The summed E-state index contributed by atoms with van der Waals surface area (Å²) in [6.07, 6.45) is 0. The predicted molar refractivity (Wildman–Crippen MR) is 80.8 cm³/mol. The van der Waals surface area contributed by atoms with E-state index in [1.54, 1.807) is 13.8 Å². The van der Waals surface area contributed by atoms with Crippen molar-refractivity contribution < 1.29 is 14.4 Å². The lowest BCUT2D eigenvalue weighted by Crippen LogP contribution is -2.22. The highest BCUT2D eigenvalue weighted by atomic mass is 32.2. The smallest absolute Gasteiger partial charge is 0.264 e. The zero-order valence-electron chi connectivity index (χ0n) is 12.9. The monoisotopic (exact) mass is 287 g/mol. The molecule has 0 aromatic rings. The summed E-state index contributed by atoms with van der Waals surface area (Å²) in [6, 6.07) is 0. The van der Waals surface area contributed by atoms with Crippen LogP contribution in [0.15, 0.2) is 10.5 Å². The standard InChI is InChI=1S/C10H13NO3S.2C2H6/c1-5(7(3)12)4-15-8-6(2)9(13)11-10(8)14;2*1-2/h5H,4H2,1-3H3,(H,11,13,14);2*1-2H3. The van der Waals surface area contributed by atoms with Crippen LogP contribution >= 0.6 is 11.8 Å². The normalized spacial score (nSPS) is 14.9. The first-order chi connectivity index (χ1) is 8.93. The molecule has 0 aromatic heterocycles. The molecule has 1 aliphatic rings. The lowest BCUT2D eigenvalue weighted by atomic mass is 10.1. The first kappa shape index (κ1) is 20.2. The van der Waals surface area contributed by atoms with Gasteiger partial charge in [0.05, 0.1) is 4.91 Å². The molecule has 1 heterocycles. The lowest BCUT2D eigenvalue weighted by molar-refractivity contribution is -0.124. The molecule has 4 nitrogen and oxygen atoms in total. The molecule has 0 aliphatic carbocycles. The van der Waals surface area contributed by atoms with E-state index in [4.69, 9.17) is 0 Å². The van der Waals surface area contributed by atoms with Gasteiger partial charge in [-0.05, 0) is 13.8 Å². The van der Waals surface area contributed by atoms with Crippen LogP contribution in [-0.2, 0) is 14.4 Å². The summed E-state index contributed by atoms with van der Waals surface area (Å²) in [7, 11) is 0. The van der Waals surface area contributed by atoms with E-state index >= 15 is 0 Å². The maximum Gasteiger partial charge on any atom is 0.264 e. The number of ketones is 1. The van der Waals surface area contributed by atoms with Crippen molar-refractivity contribution in [2.75, 3.05) is 5.75 Å². The molecular weight excluding hydrogens is 262 g/mol. The molecule has 0 radical (unpaired) electrons. The zero-order chi connectivity index (χ0) is 15.6. The van der Waals surface area contributed by atoms with Crippen LogP contribution in [-0.4, -0.2) is 23.4 Å². The lowest BCUT2D eigenvalue weighted by Gasteiger charge is -2.06. The van der Waals surface area contributed by atoms with Crippen molar-refractivity contribution in [1.82, 2.24) is 5.32 Å². The molecule has 1 aliphatic heterocycles. The van der Waals surface area contributed by atoms with Gasteiger partial charge in [0.25, 0.3) is 11.8 Å². The van der Waals surface area contributed by atoms with Crippen molar-refractivity contribution in [2.45, 2.75) is 48.5 Å². The number of hydrogen-bond acceptors (Lipinski definition) is 4. The maximum atomic E-state index is 11.3. The third kappa shape index (κ3) is 6.57. The van der Waals surface area contributed by atoms with Gasteiger partial charge in [-0.15, -0.1) is 11.8 Å². The minimum atomic E-state index is -0.349. The third-order valence-electron chi connectivity index (χ3n) is 2.29. The average Bonchev–Trinajstić information content (AvgIpc) is 2.65. The third-order valence-corrected chi connectivity index (χ3v) is 3.73. The largest absolute Gasteiger partial charge is 0.300 e. The second-order valence-electron chi connectivity index (χ2n) is 3.56. The number of amides is 2. The second-order valence-corrected chi connectivity index (χ2v) is 4.59. The highest BCUT2D eigenvalue weighted by Crippen LogP contribution is 2.26. The summed E-state index contributed by atoms with van der Waals surface area (Å²) in [5.41, 5.74) is 0.445. The number of hydrogen-bond donors (Lipinski definition) is 1. The molecule has 5 heteroatoms. The van der Waals surface area contributed by atoms with Crippen LogP contribution < -0.4 is 5.32 Å². The highest BCUT2D eigenvalue weighted by Gasteiger charge is 2.27. The maximum absolute atomic E-state index is 11.3. The second kappa shape index (κ2) is 10.8. The number of nitrogens with one attached hydrogen (secondary N) is 1. The molecule has 1 atom stereocenters. The van der Waals surface area contributed by atoms with Crippen LogP contribution in [0.25, 0.3) is 0 Å². The highest BCUT2D eigenvalue weighted by molar-refractivity contribution is 8.04. The van der Waals surface area contributed by atoms with Crippen LogP contribution in [0.1, 0.15) is 48.5 Å². The fraction of sp³-hybridized carbons (Fsp3) is 0.643. The van der Waals surface area contributed by atoms with E-state index in [1.165, 1.54) is 18.7 Å². The number of rotatable bonds is 4. The summed E-state index contributed by atoms with van der Waals surface area (Å²) >= 11 is 1.27. The van der Waals surface area contributed by atoms with Crippen LogP contribution in [0.3, 0.4) is 0 Å². The van der Waals surface area contributed by atoms with Crippen molar-refractivity contribution in [3.63, 3.8) is 0 Å². The Morgan fingerprint density at radius 3 is 1.95 bits per heavy atom. The summed E-state index contributed by atoms with van der Waals surface area (Å²) in [4.78, 5) is 33.8. The van der Waals surface area contributed by atoms with Gasteiger partial charge in [0.1, 0.15) is 5.78 Å². The van der Waals surface area contributed by atoms with Gasteiger partial charge in [-0.3, -0.25) is 19.7 Å². The molecule has 2 amide bonds. The number of thioether (sulfide) groups is 1. The average molecular weight is 287 g/mol. The Kier molecular flexibility index (Phi) is 11.5. The van der Waals surface area contributed by atoms with Gasteiger partial charge in [-0.1, -0.05) is 34.6 Å². The van der Waals surface area contributed by atoms with Gasteiger partial charge in [-0.2, -0.15) is 0 Å². The fourth-order valence-corrected chi connectivity index (χ4v) is 2.17. The minimum Gasteiger partial charge on any atom is -0.300 e. The number of carbonyl (C=O) groups is 3. The zero-order valence-corrected chi connectivity index (χ0v) is 13.7. The van der Waals surface area contributed by atoms with Crippen molar-refractivity contribution in [3.8, 4) is 0 Å². The Hall–Kier alpha value is -1.10. The van der Waals surface area contributed by atoms with E-state index in [-0.39, 0.29) is 23.5 Å². The summed E-state index contributed by atoms with van der Waals surface area (Å²) in [5.74, 6) is -0.164. The quantitative estimate of drug-likeness (QED) is 0.807. The van der Waals surface area contributed by atoms with Crippen molar-refractivity contribution in [1.29, 1.82) is 0 Å². The molecule has 0 fully saturated rings. The van der Waals surface area contributed by atoms with Gasteiger partial charge in [0, 0.05) is 17.2 Å². The Morgan fingerprint density at radius 1 is 1.16 bits per heavy atom. The van der Waals surface area contributed by atoms with Crippen LogP contribution in [0.5, 0.6) is 0 Å². The Morgan fingerprint density at radius 2 is 1.63 bits per heavy atom. The number of carbonyl (C=O) groups excluding carboxylic acids is 3. The molecule has 0 saturated heterocycles. The number of imide groups is 1. The van der Waals surface area contributed by atoms with Crippen molar-refractivity contribution in [2.24, 2.45) is 5.92 Å². The SMILES string of the molecule is CC.CC.CC(=O)C(C)CSC1=C(C)C(=O)NC1=O. The fourth-order valence-electron chi connectivity index (χ4n) is 1.03. The van der Waals surface area contributed by atoms with E-state index < -0.39 is 0 Å². The van der Waals surface area contributed by atoms with Gasteiger partial charge in [0.2, 0.25) is 0 Å².